The molecule has 0 heterocycles. The van der Waals surface area contributed by atoms with Gasteiger partial charge in [0, 0.05) is 18.7 Å². The molecule has 1 aromatic rings. The number of benzene rings is 1. The first-order valence-corrected chi connectivity index (χ1v) is 5.70. The predicted molar refractivity (Wildman–Crippen MR) is 66.4 cm³/mol. The van der Waals surface area contributed by atoms with E-state index in [1.54, 1.807) is 25.3 Å². The Kier molecular flexibility index (Phi) is 5.49. The molecule has 0 aliphatic heterocycles. The van der Waals surface area contributed by atoms with Crippen LogP contribution in [0, 0.1) is 0 Å². The molecular formula is C13H19NO3. The third-order valence-electron chi connectivity index (χ3n) is 2.20. The topological polar surface area (TPSA) is 47.6 Å². The summed E-state index contributed by atoms with van der Waals surface area (Å²) in [5.74, 6) is 0.593. The Morgan fingerprint density at radius 1 is 1.47 bits per heavy atom. The van der Waals surface area contributed by atoms with Crippen LogP contribution in [0.3, 0.4) is 0 Å². The minimum Gasteiger partial charge on any atom is -0.494 e. The average molecular weight is 237 g/mol. The molecule has 0 fully saturated rings. The number of methoxy groups -OCH3 is 1. The van der Waals surface area contributed by atoms with Crippen LogP contribution in [-0.2, 0) is 4.74 Å². The zero-order valence-electron chi connectivity index (χ0n) is 10.5. The van der Waals surface area contributed by atoms with Gasteiger partial charge in [0.15, 0.2) is 0 Å². The highest BCUT2D eigenvalue weighted by molar-refractivity contribution is 5.94. The molecule has 4 heteroatoms. The molecule has 1 unspecified atom stereocenters. The number of ether oxygens (including phenoxy) is 2. The van der Waals surface area contributed by atoms with Crippen molar-refractivity contribution in [1.82, 2.24) is 5.32 Å². The summed E-state index contributed by atoms with van der Waals surface area (Å²) in [6.45, 7) is 4.89. The van der Waals surface area contributed by atoms with E-state index < -0.39 is 0 Å². The number of nitrogens with one attached hydrogen (secondary N) is 1. The molecule has 0 saturated heterocycles. The molecule has 4 nitrogen and oxygen atoms in total. The number of carbonyl (C=O) groups excluding carboxylic acids is 1. The molecule has 1 rings (SSSR count). The highest BCUT2D eigenvalue weighted by atomic mass is 16.5. The first-order valence-electron chi connectivity index (χ1n) is 5.70. The summed E-state index contributed by atoms with van der Waals surface area (Å²) in [6.07, 6.45) is 0. The van der Waals surface area contributed by atoms with Crippen molar-refractivity contribution in [3.05, 3.63) is 29.8 Å². The molecule has 0 aliphatic carbocycles. The van der Waals surface area contributed by atoms with Crippen LogP contribution in [0.25, 0.3) is 0 Å². The van der Waals surface area contributed by atoms with Gasteiger partial charge in [-0.15, -0.1) is 0 Å². The minimum atomic E-state index is -0.115. The highest BCUT2D eigenvalue weighted by Gasteiger charge is 2.09. The maximum absolute atomic E-state index is 11.9. The fourth-order valence-electron chi connectivity index (χ4n) is 1.49. The summed E-state index contributed by atoms with van der Waals surface area (Å²) in [7, 11) is 1.61. The van der Waals surface area contributed by atoms with Gasteiger partial charge in [-0.1, -0.05) is 6.07 Å². The van der Waals surface area contributed by atoms with Crippen LogP contribution in [0.15, 0.2) is 24.3 Å². The van der Waals surface area contributed by atoms with E-state index in [1.165, 1.54) is 0 Å². The molecule has 0 bridgehead atoms. The maximum atomic E-state index is 11.9. The van der Waals surface area contributed by atoms with Gasteiger partial charge >= 0.3 is 0 Å². The Morgan fingerprint density at radius 3 is 2.88 bits per heavy atom. The standard InChI is InChI=1S/C13H19NO3/c1-4-17-12-7-5-6-11(8-12)13(15)14-10(2)9-16-3/h5-8,10H,4,9H2,1-3H3,(H,14,15). The molecule has 1 amide bonds. The molecule has 0 radical (unpaired) electrons. The Morgan fingerprint density at radius 2 is 2.24 bits per heavy atom. The summed E-state index contributed by atoms with van der Waals surface area (Å²) >= 11 is 0. The summed E-state index contributed by atoms with van der Waals surface area (Å²) in [5.41, 5.74) is 0.596. The van der Waals surface area contributed by atoms with Gasteiger partial charge in [0.1, 0.15) is 5.75 Å². The van der Waals surface area contributed by atoms with E-state index >= 15 is 0 Å². The first kappa shape index (κ1) is 13.5. The second-order valence-corrected chi connectivity index (χ2v) is 3.79. The average Bonchev–Trinajstić information content (AvgIpc) is 2.30. The fraction of sp³-hybridized carbons (Fsp3) is 0.462. The molecule has 17 heavy (non-hydrogen) atoms. The molecule has 0 aromatic heterocycles. The van der Waals surface area contributed by atoms with E-state index in [2.05, 4.69) is 5.32 Å². The van der Waals surface area contributed by atoms with Crippen molar-refractivity contribution in [2.24, 2.45) is 0 Å². The van der Waals surface area contributed by atoms with Crippen molar-refractivity contribution in [3.63, 3.8) is 0 Å². The predicted octanol–water partition coefficient (Wildman–Crippen LogP) is 1.85. The van der Waals surface area contributed by atoms with Crippen LogP contribution in [-0.4, -0.2) is 32.3 Å². The van der Waals surface area contributed by atoms with E-state index in [0.29, 0.717) is 24.5 Å². The molecular weight excluding hydrogens is 218 g/mol. The lowest BCUT2D eigenvalue weighted by Gasteiger charge is -2.13. The molecule has 94 valence electrons. The largest absolute Gasteiger partial charge is 0.494 e. The lowest BCUT2D eigenvalue weighted by Crippen LogP contribution is -2.35. The number of hydrogen-bond acceptors (Lipinski definition) is 3. The summed E-state index contributed by atoms with van der Waals surface area (Å²) in [4.78, 5) is 11.9. The third kappa shape index (κ3) is 4.44. The van der Waals surface area contributed by atoms with E-state index in [4.69, 9.17) is 9.47 Å². The summed E-state index contributed by atoms with van der Waals surface area (Å²) in [5, 5.41) is 2.85. The van der Waals surface area contributed by atoms with Crippen molar-refractivity contribution in [1.29, 1.82) is 0 Å². The van der Waals surface area contributed by atoms with Crippen LogP contribution < -0.4 is 10.1 Å². The van der Waals surface area contributed by atoms with E-state index in [0.717, 1.165) is 0 Å². The number of hydrogen-bond donors (Lipinski definition) is 1. The quantitative estimate of drug-likeness (QED) is 0.821. The molecule has 0 spiro atoms. The zero-order valence-corrected chi connectivity index (χ0v) is 10.5. The molecule has 0 aliphatic rings. The van der Waals surface area contributed by atoms with Gasteiger partial charge in [-0.05, 0) is 32.0 Å². The second-order valence-electron chi connectivity index (χ2n) is 3.79. The number of rotatable bonds is 6. The van der Waals surface area contributed by atoms with Gasteiger partial charge in [0.2, 0.25) is 0 Å². The monoisotopic (exact) mass is 237 g/mol. The normalized spacial score (nSPS) is 11.9. The van der Waals surface area contributed by atoms with Gasteiger partial charge in [-0.25, -0.2) is 0 Å². The fourth-order valence-corrected chi connectivity index (χ4v) is 1.49. The SMILES string of the molecule is CCOc1cccc(C(=O)NC(C)COC)c1. The molecule has 0 saturated carbocycles. The van der Waals surface area contributed by atoms with E-state index in [1.807, 2.05) is 19.9 Å². The lowest BCUT2D eigenvalue weighted by atomic mass is 10.2. The van der Waals surface area contributed by atoms with E-state index in [-0.39, 0.29) is 11.9 Å². The van der Waals surface area contributed by atoms with Crippen molar-refractivity contribution >= 4 is 5.91 Å². The molecule has 1 aromatic carbocycles. The van der Waals surface area contributed by atoms with Gasteiger partial charge in [-0.3, -0.25) is 4.79 Å². The van der Waals surface area contributed by atoms with Crippen molar-refractivity contribution in [3.8, 4) is 5.75 Å². The summed E-state index contributed by atoms with van der Waals surface area (Å²) < 4.78 is 10.3. The number of amides is 1. The Hall–Kier alpha value is -1.55. The zero-order chi connectivity index (χ0) is 12.7. The van der Waals surface area contributed by atoms with Gasteiger partial charge in [-0.2, -0.15) is 0 Å². The first-order chi connectivity index (χ1) is 8.17. The minimum absolute atomic E-state index is 0.0109. The second kappa shape index (κ2) is 6.91. The van der Waals surface area contributed by atoms with Gasteiger partial charge < -0.3 is 14.8 Å². The van der Waals surface area contributed by atoms with Crippen LogP contribution in [0.5, 0.6) is 5.75 Å². The molecule has 1 atom stereocenters. The summed E-state index contributed by atoms with van der Waals surface area (Å²) in [6, 6.07) is 7.12. The van der Waals surface area contributed by atoms with Gasteiger partial charge in [0.25, 0.3) is 5.91 Å². The maximum Gasteiger partial charge on any atom is 0.251 e. The van der Waals surface area contributed by atoms with Crippen molar-refractivity contribution in [2.75, 3.05) is 20.3 Å². The lowest BCUT2D eigenvalue weighted by molar-refractivity contribution is 0.0905. The van der Waals surface area contributed by atoms with Gasteiger partial charge in [0.05, 0.1) is 13.2 Å². The smallest absolute Gasteiger partial charge is 0.251 e. The van der Waals surface area contributed by atoms with Crippen molar-refractivity contribution < 1.29 is 14.3 Å². The van der Waals surface area contributed by atoms with E-state index in [9.17, 15) is 4.79 Å². The van der Waals surface area contributed by atoms with Crippen LogP contribution in [0.4, 0.5) is 0 Å². The third-order valence-corrected chi connectivity index (χ3v) is 2.20. The molecule has 1 N–H and O–H groups in total. The van der Waals surface area contributed by atoms with Crippen LogP contribution in [0.1, 0.15) is 24.2 Å². The van der Waals surface area contributed by atoms with Crippen molar-refractivity contribution in [2.45, 2.75) is 19.9 Å². The Labute approximate surface area is 102 Å². The Bertz CT molecular complexity index is 365. The highest BCUT2D eigenvalue weighted by Crippen LogP contribution is 2.13. The number of carbonyl (C=O) groups is 1. The van der Waals surface area contributed by atoms with Crippen LogP contribution >= 0.6 is 0 Å². The van der Waals surface area contributed by atoms with Crippen LogP contribution in [0.2, 0.25) is 0 Å². The Balaban J connectivity index is 2.65.